The molecule has 0 aliphatic carbocycles. The summed E-state index contributed by atoms with van der Waals surface area (Å²) < 4.78 is 5.18. The molecule has 1 saturated heterocycles. The summed E-state index contributed by atoms with van der Waals surface area (Å²) in [6.45, 7) is -0.197. The van der Waals surface area contributed by atoms with Crippen LogP contribution in [0.25, 0.3) is 0 Å². The number of carbonyl (C=O) groups is 1. The maximum Gasteiger partial charge on any atom is 0.273 e. The summed E-state index contributed by atoms with van der Waals surface area (Å²) in [6, 6.07) is 5.51. The van der Waals surface area contributed by atoms with Crippen LogP contribution < -0.4 is 4.74 Å². The van der Waals surface area contributed by atoms with Crippen LogP contribution in [0.2, 0.25) is 0 Å². The average molecular weight is 282 g/mol. The Morgan fingerprint density at radius 2 is 2.05 bits per heavy atom. The van der Waals surface area contributed by atoms with Gasteiger partial charge in [-0.15, -0.1) is 0 Å². The topological polar surface area (TPSA) is 113 Å². The zero-order valence-corrected chi connectivity index (χ0v) is 10.5. The zero-order chi connectivity index (χ0) is 14.7. The number of rotatable bonds is 4. The molecule has 8 nitrogen and oxygen atoms in total. The molecule has 0 aromatic heterocycles. The maximum absolute atomic E-state index is 11.8. The van der Waals surface area contributed by atoms with Crippen molar-refractivity contribution in [3.05, 3.63) is 34.4 Å². The van der Waals surface area contributed by atoms with Crippen molar-refractivity contribution in [1.29, 1.82) is 0 Å². The molecule has 1 aromatic rings. The van der Waals surface area contributed by atoms with E-state index in [9.17, 15) is 25.1 Å². The van der Waals surface area contributed by atoms with Gasteiger partial charge in [-0.3, -0.25) is 14.9 Å². The molecule has 0 spiro atoms. The average Bonchev–Trinajstić information content (AvgIpc) is 2.76. The molecule has 8 heteroatoms. The third-order valence-corrected chi connectivity index (χ3v) is 3.00. The molecular weight excluding hydrogens is 268 g/mol. The standard InChI is InChI=1S/C12H14N2O6/c15-10-5-13(6-11(10)16)12(17)7-20-9-3-1-2-8(4-9)14(18)19/h1-4,10-11,15-16H,5-7H2. The molecule has 1 amide bonds. The molecule has 0 bridgehead atoms. The van der Waals surface area contributed by atoms with Gasteiger partial charge in [0.1, 0.15) is 5.75 Å². The van der Waals surface area contributed by atoms with Gasteiger partial charge in [0.05, 0.1) is 23.2 Å². The second-order valence-corrected chi connectivity index (χ2v) is 4.48. The molecule has 1 aromatic carbocycles. The predicted molar refractivity (Wildman–Crippen MR) is 67.2 cm³/mol. The molecule has 1 aliphatic heterocycles. The van der Waals surface area contributed by atoms with Crippen molar-refractivity contribution in [2.45, 2.75) is 12.2 Å². The monoisotopic (exact) mass is 282 g/mol. The van der Waals surface area contributed by atoms with Crippen molar-refractivity contribution < 1.29 is 24.7 Å². The molecule has 1 heterocycles. The summed E-state index contributed by atoms with van der Waals surface area (Å²) in [4.78, 5) is 23.1. The number of hydrogen-bond donors (Lipinski definition) is 2. The summed E-state index contributed by atoms with van der Waals surface area (Å²) >= 11 is 0. The number of amides is 1. The number of nitro groups is 1. The van der Waals surface area contributed by atoms with Gasteiger partial charge in [-0.2, -0.15) is 0 Å². The van der Waals surface area contributed by atoms with Crippen molar-refractivity contribution in [3.8, 4) is 5.75 Å². The molecule has 0 radical (unpaired) electrons. The van der Waals surface area contributed by atoms with Crippen LogP contribution in [0.3, 0.4) is 0 Å². The SMILES string of the molecule is O=C(COc1cccc([N+](=O)[O-])c1)N1CC(O)C(O)C1. The van der Waals surface area contributed by atoms with Gasteiger partial charge in [-0.25, -0.2) is 0 Å². The molecular formula is C12H14N2O6. The van der Waals surface area contributed by atoms with Gasteiger partial charge in [-0.05, 0) is 6.07 Å². The number of non-ortho nitro benzene ring substituents is 1. The van der Waals surface area contributed by atoms with Crippen molar-refractivity contribution in [1.82, 2.24) is 4.90 Å². The number of carbonyl (C=O) groups excluding carboxylic acids is 1. The van der Waals surface area contributed by atoms with Crippen LogP contribution in [-0.2, 0) is 4.79 Å². The first-order chi connectivity index (χ1) is 9.47. The second kappa shape index (κ2) is 5.85. The fourth-order valence-electron chi connectivity index (χ4n) is 1.90. The third kappa shape index (κ3) is 3.22. The lowest BCUT2D eigenvalue weighted by molar-refractivity contribution is -0.384. The van der Waals surface area contributed by atoms with E-state index in [1.54, 1.807) is 0 Å². The normalized spacial score (nSPS) is 21.8. The van der Waals surface area contributed by atoms with E-state index in [-0.39, 0.29) is 31.1 Å². The number of β-amino-alcohol motifs (C(OH)–C–C–N with tert-alkyl or cyclic N) is 2. The van der Waals surface area contributed by atoms with Gasteiger partial charge in [-0.1, -0.05) is 6.07 Å². The van der Waals surface area contributed by atoms with Gasteiger partial charge in [0.25, 0.3) is 11.6 Å². The lowest BCUT2D eigenvalue weighted by Crippen LogP contribution is -2.33. The summed E-state index contributed by atoms with van der Waals surface area (Å²) in [5.74, 6) is -0.181. The summed E-state index contributed by atoms with van der Waals surface area (Å²) in [5, 5.41) is 29.3. The van der Waals surface area contributed by atoms with E-state index in [2.05, 4.69) is 0 Å². The van der Waals surface area contributed by atoms with Crippen LogP contribution in [-0.4, -0.2) is 57.8 Å². The molecule has 0 saturated carbocycles. The number of nitro benzene ring substituents is 1. The minimum absolute atomic E-state index is 0.0539. The molecule has 1 fully saturated rings. The molecule has 2 N–H and O–H groups in total. The van der Waals surface area contributed by atoms with Gasteiger partial charge in [0.2, 0.25) is 0 Å². The number of ether oxygens (including phenoxy) is 1. The predicted octanol–water partition coefficient (Wildman–Crippen LogP) is -0.462. The number of likely N-dealkylation sites (tertiary alicyclic amines) is 1. The van der Waals surface area contributed by atoms with E-state index < -0.39 is 23.0 Å². The first-order valence-electron chi connectivity index (χ1n) is 5.98. The van der Waals surface area contributed by atoms with Gasteiger partial charge in [0.15, 0.2) is 6.61 Å². The van der Waals surface area contributed by atoms with Crippen LogP contribution in [0.15, 0.2) is 24.3 Å². The van der Waals surface area contributed by atoms with E-state index in [1.165, 1.54) is 29.2 Å². The largest absolute Gasteiger partial charge is 0.484 e. The Hall–Kier alpha value is -2.19. The molecule has 20 heavy (non-hydrogen) atoms. The Morgan fingerprint density at radius 1 is 1.40 bits per heavy atom. The van der Waals surface area contributed by atoms with Crippen LogP contribution in [0.4, 0.5) is 5.69 Å². The second-order valence-electron chi connectivity index (χ2n) is 4.48. The smallest absolute Gasteiger partial charge is 0.273 e. The fourth-order valence-corrected chi connectivity index (χ4v) is 1.90. The van der Waals surface area contributed by atoms with E-state index in [4.69, 9.17) is 4.74 Å². The molecule has 1 aliphatic rings. The third-order valence-electron chi connectivity index (χ3n) is 3.00. The summed E-state index contributed by atoms with van der Waals surface area (Å²) in [6.07, 6.45) is -1.89. The minimum atomic E-state index is -0.947. The number of aliphatic hydroxyl groups excluding tert-OH is 2. The highest BCUT2D eigenvalue weighted by Crippen LogP contribution is 2.19. The van der Waals surface area contributed by atoms with Gasteiger partial charge >= 0.3 is 0 Å². The minimum Gasteiger partial charge on any atom is -0.484 e. The van der Waals surface area contributed by atoms with Crippen LogP contribution in [0.1, 0.15) is 0 Å². The highest BCUT2D eigenvalue weighted by molar-refractivity contribution is 5.78. The van der Waals surface area contributed by atoms with E-state index in [0.29, 0.717) is 0 Å². The maximum atomic E-state index is 11.8. The van der Waals surface area contributed by atoms with Crippen molar-refractivity contribution in [2.75, 3.05) is 19.7 Å². The highest BCUT2D eigenvalue weighted by Gasteiger charge is 2.32. The number of hydrogen-bond acceptors (Lipinski definition) is 6. The van der Waals surface area contributed by atoms with Crippen LogP contribution in [0.5, 0.6) is 5.75 Å². The lowest BCUT2D eigenvalue weighted by Gasteiger charge is -2.15. The summed E-state index contributed by atoms with van der Waals surface area (Å²) in [5.41, 5.74) is -0.123. The first kappa shape index (κ1) is 14.2. The Morgan fingerprint density at radius 3 is 2.65 bits per heavy atom. The highest BCUT2D eigenvalue weighted by atomic mass is 16.6. The van der Waals surface area contributed by atoms with Crippen LogP contribution in [0, 0.1) is 10.1 Å². The van der Waals surface area contributed by atoms with Crippen LogP contribution >= 0.6 is 0 Å². The fraction of sp³-hybridized carbons (Fsp3) is 0.417. The lowest BCUT2D eigenvalue weighted by atomic mass is 10.3. The molecule has 2 rings (SSSR count). The zero-order valence-electron chi connectivity index (χ0n) is 10.5. The van der Waals surface area contributed by atoms with Gasteiger partial charge in [0, 0.05) is 19.2 Å². The number of nitrogens with zero attached hydrogens (tertiary/aromatic N) is 2. The summed E-state index contributed by atoms with van der Waals surface area (Å²) in [7, 11) is 0. The quantitative estimate of drug-likeness (QED) is 0.570. The Labute approximate surface area is 114 Å². The first-order valence-corrected chi connectivity index (χ1v) is 5.98. The molecule has 2 atom stereocenters. The Bertz CT molecular complexity index is 510. The van der Waals surface area contributed by atoms with E-state index in [0.717, 1.165) is 0 Å². The van der Waals surface area contributed by atoms with E-state index >= 15 is 0 Å². The number of aliphatic hydroxyl groups is 2. The Balaban J connectivity index is 1.90. The van der Waals surface area contributed by atoms with Crippen molar-refractivity contribution in [3.63, 3.8) is 0 Å². The molecule has 108 valence electrons. The van der Waals surface area contributed by atoms with E-state index in [1.807, 2.05) is 0 Å². The number of benzene rings is 1. The molecule has 2 unspecified atom stereocenters. The Kier molecular flexibility index (Phi) is 4.16. The van der Waals surface area contributed by atoms with Crippen molar-refractivity contribution >= 4 is 11.6 Å². The van der Waals surface area contributed by atoms with Gasteiger partial charge < -0.3 is 19.8 Å². The van der Waals surface area contributed by atoms with Crippen molar-refractivity contribution in [2.24, 2.45) is 0 Å².